The maximum Gasteiger partial charge on any atom is 0.124 e. The Hall–Kier alpha value is -0.450. The lowest BCUT2D eigenvalue weighted by molar-refractivity contribution is 0.273. The van der Waals surface area contributed by atoms with Crippen molar-refractivity contribution in [3.05, 3.63) is 34.1 Å². The number of hydrogen-bond acceptors (Lipinski definition) is 2. The molecule has 2 atom stereocenters. The highest BCUT2D eigenvalue weighted by molar-refractivity contribution is 9.10. The van der Waals surface area contributed by atoms with Crippen molar-refractivity contribution in [2.75, 3.05) is 20.6 Å². The van der Waals surface area contributed by atoms with Crippen LogP contribution in [0.1, 0.15) is 32.4 Å². The molecule has 0 saturated heterocycles. The number of hydrogen-bond donors (Lipinski definition) is 1. The zero-order chi connectivity index (χ0) is 14.6. The molecule has 0 aliphatic carbocycles. The van der Waals surface area contributed by atoms with Crippen LogP contribution in [-0.4, -0.2) is 31.6 Å². The minimum absolute atomic E-state index is 0.183. The Balaban J connectivity index is 2.78. The lowest BCUT2D eigenvalue weighted by atomic mass is 10.0. The molecule has 0 saturated carbocycles. The summed E-state index contributed by atoms with van der Waals surface area (Å²) in [5, 5.41) is 3.63. The Bertz CT molecular complexity index is 407. The Morgan fingerprint density at radius 2 is 1.89 bits per heavy atom. The van der Waals surface area contributed by atoms with E-state index in [-0.39, 0.29) is 11.9 Å². The van der Waals surface area contributed by atoms with Gasteiger partial charge in [-0.05, 0) is 44.6 Å². The topological polar surface area (TPSA) is 15.3 Å². The Morgan fingerprint density at radius 1 is 1.26 bits per heavy atom. The van der Waals surface area contributed by atoms with Crippen molar-refractivity contribution in [2.24, 2.45) is 5.92 Å². The van der Waals surface area contributed by atoms with Gasteiger partial charge in [-0.3, -0.25) is 0 Å². The van der Waals surface area contributed by atoms with Gasteiger partial charge in [-0.2, -0.15) is 0 Å². The fraction of sp³-hybridized carbons (Fsp3) is 0.600. The molecule has 0 radical (unpaired) electrons. The predicted molar refractivity (Wildman–Crippen MR) is 82.8 cm³/mol. The van der Waals surface area contributed by atoms with Crippen LogP contribution < -0.4 is 5.32 Å². The monoisotopic (exact) mass is 330 g/mol. The zero-order valence-corrected chi connectivity index (χ0v) is 14.0. The lowest BCUT2D eigenvalue weighted by Crippen LogP contribution is -2.43. The molecule has 1 aromatic carbocycles. The highest BCUT2D eigenvalue weighted by Gasteiger charge is 2.18. The lowest BCUT2D eigenvalue weighted by Gasteiger charge is -2.29. The Kier molecular flexibility index (Phi) is 6.43. The largest absolute Gasteiger partial charge is 0.308 e. The van der Waals surface area contributed by atoms with E-state index in [9.17, 15) is 4.39 Å². The molecule has 1 N–H and O–H groups in total. The molecule has 0 aliphatic heterocycles. The van der Waals surface area contributed by atoms with E-state index < -0.39 is 0 Å². The predicted octanol–water partition coefficient (Wildman–Crippen LogP) is 3.83. The van der Waals surface area contributed by atoms with E-state index >= 15 is 0 Å². The van der Waals surface area contributed by atoms with Gasteiger partial charge in [0.2, 0.25) is 0 Å². The maximum absolute atomic E-state index is 13.1. The number of rotatable bonds is 6. The molecule has 0 aromatic heterocycles. The molecular weight excluding hydrogens is 307 g/mol. The molecule has 0 heterocycles. The molecule has 1 aromatic rings. The van der Waals surface area contributed by atoms with E-state index in [1.54, 1.807) is 0 Å². The standard InChI is InChI=1S/C15H24BrFN2/c1-10(2)15(9-19(4)5)18-11(3)13-7-6-12(17)8-14(13)16/h6-8,10-11,15,18H,9H2,1-5H3. The average Bonchev–Trinajstić information content (AvgIpc) is 2.26. The Labute approximate surface area is 124 Å². The zero-order valence-electron chi connectivity index (χ0n) is 12.4. The van der Waals surface area contributed by atoms with Crippen molar-refractivity contribution in [1.29, 1.82) is 0 Å². The van der Waals surface area contributed by atoms with Gasteiger partial charge in [0, 0.05) is 23.1 Å². The third-order valence-corrected chi connectivity index (χ3v) is 3.95. The SMILES string of the molecule is CC(NC(CN(C)C)C(C)C)c1ccc(F)cc1Br. The average molecular weight is 331 g/mol. The van der Waals surface area contributed by atoms with E-state index in [0.29, 0.717) is 12.0 Å². The summed E-state index contributed by atoms with van der Waals surface area (Å²) in [6.45, 7) is 7.53. The maximum atomic E-state index is 13.1. The van der Waals surface area contributed by atoms with E-state index in [4.69, 9.17) is 0 Å². The van der Waals surface area contributed by atoms with E-state index in [2.05, 4.69) is 61.0 Å². The van der Waals surface area contributed by atoms with Crippen molar-refractivity contribution >= 4 is 15.9 Å². The summed E-state index contributed by atoms with van der Waals surface area (Å²) in [6, 6.07) is 5.45. The van der Waals surface area contributed by atoms with Crippen LogP contribution in [0.5, 0.6) is 0 Å². The second-order valence-electron chi connectivity index (χ2n) is 5.67. The van der Waals surface area contributed by atoms with Crippen LogP contribution in [0, 0.1) is 11.7 Å². The summed E-state index contributed by atoms with van der Waals surface area (Å²) >= 11 is 3.44. The second kappa shape index (κ2) is 7.36. The molecular formula is C15H24BrFN2. The van der Waals surface area contributed by atoms with E-state index in [1.807, 2.05) is 6.07 Å². The summed E-state index contributed by atoms with van der Waals surface area (Å²) in [6.07, 6.45) is 0. The van der Waals surface area contributed by atoms with Gasteiger partial charge in [0.1, 0.15) is 5.82 Å². The van der Waals surface area contributed by atoms with Crippen molar-refractivity contribution < 1.29 is 4.39 Å². The van der Waals surface area contributed by atoms with Crippen molar-refractivity contribution in [3.63, 3.8) is 0 Å². The van der Waals surface area contributed by atoms with Crippen LogP contribution in [0.25, 0.3) is 0 Å². The number of benzene rings is 1. The third-order valence-electron chi connectivity index (χ3n) is 3.26. The van der Waals surface area contributed by atoms with Crippen LogP contribution in [0.2, 0.25) is 0 Å². The summed E-state index contributed by atoms with van der Waals surface area (Å²) in [4.78, 5) is 2.18. The molecule has 0 amide bonds. The first-order valence-electron chi connectivity index (χ1n) is 6.67. The van der Waals surface area contributed by atoms with Gasteiger partial charge in [-0.1, -0.05) is 35.8 Å². The molecule has 2 nitrogen and oxygen atoms in total. The molecule has 2 unspecified atom stereocenters. The van der Waals surface area contributed by atoms with Gasteiger partial charge in [0.05, 0.1) is 0 Å². The van der Waals surface area contributed by atoms with Crippen LogP contribution >= 0.6 is 15.9 Å². The summed E-state index contributed by atoms with van der Waals surface area (Å²) in [5.74, 6) is 0.334. The third kappa shape index (κ3) is 5.21. The Morgan fingerprint density at radius 3 is 2.37 bits per heavy atom. The van der Waals surface area contributed by atoms with Gasteiger partial charge in [0.25, 0.3) is 0 Å². The van der Waals surface area contributed by atoms with Crippen LogP contribution in [0.3, 0.4) is 0 Å². The summed E-state index contributed by atoms with van der Waals surface area (Å²) in [7, 11) is 4.16. The summed E-state index contributed by atoms with van der Waals surface area (Å²) < 4.78 is 13.9. The fourth-order valence-electron chi connectivity index (χ4n) is 2.11. The quantitative estimate of drug-likeness (QED) is 0.852. The van der Waals surface area contributed by atoms with Crippen molar-refractivity contribution in [3.8, 4) is 0 Å². The van der Waals surface area contributed by atoms with E-state index in [0.717, 1.165) is 16.6 Å². The summed E-state index contributed by atoms with van der Waals surface area (Å²) in [5.41, 5.74) is 1.09. The van der Waals surface area contributed by atoms with Crippen molar-refractivity contribution in [1.82, 2.24) is 10.2 Å². The second-order valence-corrected chi connectivity index (χ2v) is 6.52. The minimum Gasteiger partial charge on any atom is -0.308 e. The molecule has 108 valence electrons. The minimum atomic E-state index is -0.212. The number of halogens is 2. The van der Waals surface area contributed by atoms with Crippen LogP contribution in [0.4, 0.5) is 4.39 Å². The van der Waals surface area contributed by atoms with Gasteiger partial charge >= 0.3 is 0 Å². The number of likely N-dealkylation sites (N-methyl/N-ethyl adjacent to an activating group) is 1. The van der Waals surface area contributed by atoms with E-state index in [1.165, 1.54) is 12.1 Å². The van der Waals surface area contributed by atoms with Gasteiger partial charge < -0.3 is 10.2 Å². The van der Waals surface area contributed by atoms with Gasteiger partial charge in [-0.25, -0.2) is 4.39 Å². The van der Waals surface area contributed by atoms with Crippen LogP contribution in [0.15, 0.2) is 22.7 Å². The van der Waals surface area contributed by atoms with Gasteiger partial charge in [0.15, 0.2) is 0 Å². The fourth-order valence-corrected chi connectivity index (χ4v) is 2.81. The number of nitrogens with one attached hydrogen (secondary N) is 1. The van der Waals surface area contributed by atoms with Crippen molar-refractivity contribution in [2.45, 2.75) is 32.9 Å². The highest BCUT2D eigenvalue weighted by Crippen LogP contribution is 2.25. The molecule has 4 heteroatoms. The highest BCUT2D eigenvalue weighted by atomic mass is 79.9. The molecule has 1 rings (SSSR count). The molecule has 0 bridgehead atoms. The van der Waals surface area contributed by atoms with Crippen LogP contribution in [-0.2, 0) is 0 Å². The molecule has 19 heavy (non-hydrogen) atoms. The first-order valence-corrected chi connectivity index (χ1v) is 7.46. The normalized spacial score (nSPS) is 15.0. The molecule has 0 spiro atoms. The molecule has 0 fully saturated rings. The smallest absolute Gasteiger partial charge is 0.124 e. The number of nitrogens with zero attached hydrogens (tertiary/aromatic N) is 1. The first-order chi connectivity index (χ1) is 8.81. The van der Waals surface area contributed by atoms with Gasteiger partial charge in [-0.15, -0.1) is 0 Å². The first kappa shape index (κ1) is 16.6. The molecule has 0 aliphatic rings.